The minimum absolute atomic E-state index is 0.237. The summed E-state index contributed by atoms with van der Waals surface area (Å²) >= 11 is 12.2. The minimum Gasteiger partial charge on any atom is -0.372 e. The number of hydrogen-bond donors (Lipinski definition) is 1. The van der Waals surface area contributed by atoms with Gasteiger partial charge in [-0.05, 0) is 61.4 Å². The Labute approximate surface area is 179 Å². The highest BCUT2D eigenvalue weighted by atomic mass is 35.5. The van der Waals surface area contributed by atoms with E-state index in [0.717, 1.165) is 17.1 Å². The van der Waals surface area contributed by atoms with E-state index in [1.807, 2.05) is 30.5 Å². The van der Waals surface area contributed by atoms with Gasteiger partial charge in [0.15, 0.2) is 0 Å². The van der Waals surface area contributed by atoms with E-state index < -0.39 is 10.0 Å². The maximum absolute atomic E-state index is 13.1. The molecule has 8 heteroatoms. The van der Waals surface area contributed by atoms with E-state index in [0.29, 0.717) is 36.0 Å². The van der Waals surface area contributed by atoms with Gasteiger partial charge < -0.3 is 9.88 Å². The SMILES string of the molecule is O=S(=O)(c1cccc(Cl)c1)N1CCC2(CC1)Nc1ccc(Cl)cc1-n1cccc12. The Bertz CT molecular complexity index is 1200. The van der Waals surface area contributed by atoms with E-state index in [1.165, 1.54) is 6.07 Å². The molecule has 1 N–H and O–H groups in total. The number of nitrogens with one attached hydrogen (secondary N) is 1. The third kappa shape index (κ3) is 3.06. The summed E-state index contributed by atoms with van der Waals surface area (Å²) < 4.78 is 29.8. The van der Waals surface area contributed by atoms with Crippen LogP contribution < -0.4 is 5.32 Å². The van der Waals surface area contributed by atoms with Gasteiger partial charge in [-0.2, -0.15) is 4.31 Å². The maximum Gasteiger partial charge on any atom is 0.243 e. The molecule has 1 fully saturated rings. The summed E-state index contributed by atoms with van der Waals surface area (Å²) in [5, 5.41) is 4.78. The summed E-state index contributed by atoms with van der Waals surface area (Å²) in [7, 11) is -3.57. The summed E-state index contributed by atoms with van der Waals surface area (Å²) in [5.74, 6) is 0. The van der Waals surface area contributed by atoms with Gasteiger partial charge in [0.25, 0.3) is 0 Å². The lowest BCUT2D eigenvalue weighted by atomic mass is 9.83. The van der Waals surface area contributed by atoms with Crippen molar-refractivity contribution in [2.75, 3.05) is 18.4 Å². The topological polar surface area (TPSA) is 54.3 Å². The number of nitrogens with zero attached hydrogens (tertiary/aromatic N) is 2. The predicted molar refractivity (Wildman–Crippen MR) is 116 cm³/mol. The van der Waals surface area contributed by atoms with Crippen molar-refractivity contribution in [2.45, 2.75) is 23.3 Å². The normalized spacial score (nSPS) is 18.1. The molecule has 0 amide bonds. The van der Waals surface area contributed by atoms with Crippen molar-refractivity contribution in [3.63, 3.8) is 0 Å². The Hall–Kier alpha value is -1.99. The van der Waals surface area contributed by atoms with Gasteiger partial charge in [-0.25, -0.2) is 8.42 Å². The van der Waals surface area contributed by atoms with Crippen molar-refractivity contribution in [1.29, 1.82) is 0 Å². The van der Waals surface area contributed by atoms with Crippen LogP contribution in [0.4, 0.5) is 5.69 Å². The van der Waals surface area contributed by atoms with Crippen LogP contribution in [0, 0.1) is 0 Å². The fraction of sp³-hybridized carbons (Fsp3) is 0.238. The molecule has 29 heavy (non-hydrogen) atoms. The van der Waals surface area contributed by atoms with Crippen LogP contribution in [0.3, 0.4) is 0 Å². The first-order valence-electron chi connectivity index (χ1n) is 9.41. The van der Waals surface area contributed by atoms with Gasteiger partial charge >= 0.3 is 0 Å². The van der Waals surface area contributed by atoms with Crippen LogP contribution in [0.15, 0.2) is 65.7 Å². The van der Waals surface area contributed by atoms with Crippen LogP contribution in [0.2, 0.25) is 10.0 Å². The average Bonchev–Trinajstić information content (AvgIpc) is 3.21. The van der Waals surface area contributed by atoms with Crippen molar-refractivity contribution in [3.05, 3.63) is 76.5 Å². The summed E-state index contributed by atoms with van der Waals surface area (Å²) in [6.07, 6.45) is 3.36. The fourth-order valence-electron chi connectivity index (χ4n) is 4.38. The number of halogens is 2. The van der Waals surface area contributed by atoms with E-state index in [2.05, 4.69) is 16.0 Å². The number of anilines is 1. The molecule has 2 aliphatic heterocycles. The molecule has 0 radical (unpaired) electrons. The first-order chi connectivity index (χ1) is 13.9. The quantitative estimate of drug-likeness (QED) is 0.608. The Morgan fingerprint density at radius 3 is 2.45 bits per heavy atom. The molecule has 0 bridgehead atoms. The van der Waals surface area contributed by atoms with Gasteiger partial charge in [0.1, 0.15) is 0 Å². The van der Waals surface area contributed by atoms with Gasteiger partial charge in [0, 0.05) is 35.0 Å². The van der Waals surface area contributed by atoms with E-state index in [1.54, 1.807) is 22.5 Å². The molecule has 1 spiro atoms. The number of piperidine rings is 1. The number of fused-ring (bicyclic) bond motifs is 4. The highest BCUT2D eigenvalue weighted by Crippen LogP contribution is 2.44. The molecule has 1 aromatic heterocycles. The lowest BCUT2D eigenvalue weighted by Gasteiger charge is -2.45. The van der Waals surface area contributed by atoms with Gasteiger partial charge in [-0.3, -0.25) is 0 Å². The lowest BCUT2D eigenvalue weighted by Crippen LogP contribution is -2.50. The van der Waals surface area contributed by atoms with Crippen LogP contribution in [0.1, 0.15) is 18.5 Å². The molecule has 0 unspecified atom stereocenters. The van der Waals surface area contributed by atoms with Crippen molar-refractivity contribution in [3.8, 4) is 5.69 Å². The second-order valence-corrected chi connectivity index (χ2v) is 10.3. The smallest absolute Gasteiger partial charge is 0.243 e. The summed E-state index contributed by atoms with van der Waals surface area (Å²) in [6.45, 7) is 0.853. The first kappa shape index (κ1) is 19.0. The second-order valence-electron chi connectivity index (χ2n) is 7.49. The zero-order valence-electron chi connectivity index (χ0n) is 15.5. The zero-order chi connectivity index (χ0) is 20.2. The third-order valence-electron chi connectivity index (χ3n) is 5.84. The third-order valence-corrected chi connectivity index (χ3v) is 8.21. The molecule has 3 aromatic rings. The molecule has 5 nitrogen and oxygen atoms in total. The Morgan fingerprint density at radius 1 is 0.931 bits per heavy atom. The highest BCUT2D eigenvalue weighted by Gasteiger charge is 2.43. The van der Waals surface area contributed by atoms with Crippen molar-refractivity contribution in [2.24, 2.45) is 0 Å². The summed E-state index contributed by atoms with van der Waals surface area (Å²) in [6, 6.07) is 16.3. The number of hydrogen-bond acceptors (Lipinski definition) is 3. The van der Waals surface area contributed by atoms with Gasteiger partial charge in [-0.15, -0.1) is 0 Å². The van der Waals surface area contributed by atoms with Crippen LogP contribution in [0.25, 0.3) is 5.69 Å². The molecule has 1 saturated heterocycles. The van der Waals surface area contributed by atoms with E-state index in [4.69, 9.17) is 23.2 Å². The molecule has 2 aromatic carbocycles. The lowest BCUT2D eigenvalue weighted by molar-refractivity contribution is 0.247. The minimum atomic E-state index is -3.57. The van der Waals surface area contributed by atoms with Gasteiger partial charge in [-0.1, -0.05) is 29.3 Å². The second kappa shape index (κ2) is 6.77. The van der Waals surface area contributed by atoms with Crippen LogP contribution >= 0.6 is 23.2 Å². The zero-order valence-corrected chi connectivity index (χ0v) is 17.8. The summed E-state index contributed by atoms with van der Waals surface area (Å²) in [5.41, 5.74) is 2.83. The van der Waals surface area contributed by atoms with Crippen molar-refractivity contribution < 1.29 is 8.42 Å². The number of benzene rings is 2. The maximum atomic E-state index is 13.1. The van der Waals surface area contributed by atoms with Gasteiger partial charge in [0.05, 0.1) is 21.8 Å². The van der Waals surface area contributed by atoms with Crippen LogP contribution in [0.5, 0.6) is 0 Å². The van der Waals surface area contributed by atoms with Crippen molar-refractivity contribution in [1.82, 2.24) is 8.87 Å². The molecule has 0 atom stereocenters. The fourth-order valence-corrected chi connectivity index (χ4v) is 6.29. The molecule has 2 aliphatic rings. The Balaban J connectivity index is 1.45. The Kier molecular flexibility index (Phi) is 4.44. The molecule has 5 rings (SSSR count). The molecular weight excluding hydrogens is 429 g/mol. The number of sulfonamides is 1. The highest BCUT2D eigenvalue weighted by molar-refractivity contribution is 7.89. The standard InChI is InChI=1S/C21H19Cl2N3O2S/c22-15-3-1-4-17(13-15)29(27,28)25-11-8-21(9-12-25)20-5-2-10-26(20)19-14-16(23)6-7-18(19)24-21/h1-7,10,13-14,24H,8-9,11-12H2. The molecule has 0 aliphatic carbocycles. The number of rotatable bonds is 2. The Morgan fingerprint density at radius 2 is 1.69 bits per heavy atom. The van der Waals surface area contributed by atoms with E-state index in [9.17, 15) is 8.42 Å². The van der Waals surface area contributed by atoms with E-state index >= 15 is 0 Å². The van der Waals surface area contributed by atoms with Crippen molar-refractivity contribution >= 4 is 38.9 Å². The first-order valence-corrected chi connectivity index (χ1v) is 11.6. The van der Waals surface area contributed by atoms with E-state index in [-0.39, 0.29) is 10.4 Å². The molecule has 3 heterocycles. The largest absolute Gasteiger partial charge is 0.372 e. The van der Waals surface area contributed by atoms with Crippen LogP contribution in [-0.2, 0) is 15.6 Å². The predicted octanol–water partition coefficient (Wildman–Crippen LogP) is 4.89. The van der Waals surface area contributed by atoms with Crippen LogP contribution in [-0.4, -0.2) is 30.4 Å². The summed E-state index contributed by atoms with van der Waals surface area (Å²) in [4.78, 5) is 0.237. The molecule has 150 valence electrons. The monoisotopic (exact) mass is 447 g/mol. The average molecular weight is 448 g/mol. The van der Waals surface area contributed by atoms with Gasteiger partial charge in [0.2, 0.25) is 10.0 Å². The molecular formula is C21H19Cl2N3O2S. The number of aromatic nitrogens is 1. The molecule has 0 saturated carbocycles.